The van der Waals surface area contributed by atoms with Gasteiger partial charge in [0.2, 0.25) is 0 Å². The number of carbonyl (C=O) groups excluding carboxylic acids is 1. The SMILES string of the molecule is CN(C(=O)c1cc(S(=O)(=O)Nc2ccccc2)c(Cl)cc1Cl)C1CCc2ccccc21. The van der Waals surface area contributed by atoms with Gasteiger partial charge in [-0.3, -0.25) is 9.52 Å². The van der Waals surface area contributed by atoms with Crippen LogP contribution in [0.4, 0.5) is 5.69 Å². The Kier molecular flexibility index (Phi) is 5.97. The van der Waals surface area contributed by atoms with Crippen LogP contribution < -0.4 is 4.72 Å². The molecule has 3 aromatic carbocycles. The van der Waals surface area contributed by atoms with Gasteiger partial charge in [-0.15, -0.1) is 0 Å². The molecule has 0 saturated carbocycles. The average molecular weight is 475 g/mol. The van der Waals surface area contributed by atoms with Crippen LogP contribution in [0, 0.1) is 0 Å². The predicted octanol–water partition coefficient (Wildman–Crippen LogP) is 5.55. The first kappa shape index (κ1) is 21.7. The number of rotatable bonds is 5. The first-order valence-corrected chi connectivity index (χ1v) is 11.9. The summed E-state index contributed by atoms with van der Waals surface area (Å²) < 4.78 is 28.3. The van der Waals surface area contributed by atoms with Crippen LogP contribution in [0.15, 0.2) is 71.6 Å². The van der Waals surface area contributed by atoms with Gasteiger partial charge in [0.1, 0.15) is 4.90 Å². The van der Waals surface area contributed by atoms with E-state index in [1.165, 1.54) is 17.7 Å². The maximum atomic E-state index is 13.3. The molecule has 3 aromatic rings. The summed E-state index contributed by atoms with van der Waals surface area (Å²) in [4.78, 5) is 14.7. The summed E-state index contributed by atoms with van der Waals surface area (Å²) in [6, 6.07) is 18.9. The van der Waals surface area contributed by atoms with Crippen molar-refractivity contribution in [3.05, 3.63) is 93.5 Å². The number of para-hydroxylation sites is 1. The van der Waals surface area contributed by atoms with Crippen LogP contribution in [0.3, 0.4) is 0 Å². The van der Waals surface area contributed by atoms with Gasteiger partial charge in [0.05, 0.1) is 21.7 Å². The Balaban J connectivity index is 1.67. The molecule has 0 aliphatic heterocycles. The molecular weight excluding hydrogens is 455 g/mol. The molecule has 1 N–H and O–H groups in total. The number of benzene rings is 3. The monoisotopic (exact) mass is 474 g/mol. The van der Waals surface area contributed by atoms with E-state index in [0.717, 1.165) is 18.4 Å². The molecule has 1 aliphatic carbocycles. The van der Waals surface area contributed by atoms with Crippen LogP contribution in [0.5, 0.6) is 0 Å². The van der Waals surface area contributed by atoms with E-state index in [4.69, 9.17) is 23.2 Å². The summed E-state index contributed by atoms with van der Waals surface area (Å²) >= 11 is 12.5. The molecule has 5 nitrogen and oxygen atoms in total. The van der Waals surface area contributed by atoms with Crippen molar-refractivity contribution in [1.29, 1.82) is 0 Å². The minimum Gasteiger partial charge on any atom is -0.335 e. The molecule has 0 heterocycles. The minimum atomic E-state index is -4.02. The molecule has 4 rings (SSSR count). The zero-order chi connectivity index (χ0) is 22.2. The molecule has 0 aromatic heterocycles. The largest absolute Gasteiger partial charge is 0.335 e. The number of carbonyl (C=O) groups is 1. The lowest BCUT2D eigenvalue weighted by molar-refractivity contribution is 0.0730. The van der Waals surface area contributed by atoms with E-state index in [9.17, 15) is 13.2 Å². The second-order valence-corrected chi connectivity index (χ2v) is 9.87. The number of hydrogen-bond donors (Lipinski definition) is 1. The van der Waals surface area contributed by atoms with Gasteiger partial charge < -0.3 is 4.90 Å². The van der Waals surface area contributed by atoms with Crippen molar-refractivity contribution in [2.45, 2.75) is 23.8 Å². The van der Waals surface area contributed by atoms with Gasteiger partial charge in [-0.2, -0.15) is 0 Å². The van der Waals surface area contributed by atoms with E-state index < -0.39 is 10.0 Å². The van der Waals surface area contributed by atoms with Crippen LogP contribution >= 0.6 is 23.2 Å². The Labute approximate surface area is 191 Å². The molecule has 8 heteroatoms. The smallest absolute Gasteiger partial charge is 0.263 e. The average Bonchev–Trinajstić information content (AvgIpc) is 3.17. The van der Waals surface area contributed by atoms with Crippen LogP contribution in [-0.2, 0) is 16.4 Å². The van der Waals surface area contributed by atoms with Gasteiger partial charge >= 0.3 is 0 Å². The summed E-state index contributed by atoms with van der Waals surface area (Å²) in [5.41, 5.74) is 2.79. The summed E-state index contributed by atoms with van der Waals surface area (Å²) in [5, 5.41) is 0.0469. The van der Waals surface area contributed by atoms with Crippen molar-refractivity contribution in [3.8, 4) is 0 Å². The second kappa shape index (κ2) is 8.54. The van der Waals surface area contributed by atoms with Gasteiger partial charge in [-0.25, -0.2) is 8.42 Å². The van der Waals surface area contributed by atoms with E-state index >= 15 is 0 Å². The number of anilines is 1. The Hall–Kier alpha value is -2.54. The van der Waals surface area contributed by atoms with Crippen molar-refractivity contribution < 1.29 is 13.2 Å². The number of fused-ring (bicyclic) bond motifs is 1. The van der Waals surface area contributed by atoms with Crippen molar-refractivity contribution in [2.24, 2.45) is 0 Å². The summed E-state index contributed by atoms with van der Waals surface area (Å²) in [6.07, 6.45) is 1.68. The number of halogens is 2. The first-order chi connectivity index (χ1) is 14.8. The van der Waals surface area contributed by atoms with Crippen LogP contribution in [0.25, 0.3) is 0 Å². The Morgan fingerprint density at radius 3 is 2.42 bits per heavy atom. The van der Waals surface area contributed by atoms with E-state index in [2.05, 4.69) is 10.8 Å². The molecule has 1 atom stereocenters. The van der Waals surface area contributed by atoms with Crippen LogP contribution in [0.2, 0.25) is 10.0 Å². The molecule has 31 heavy (non-hydrogen) atoms. The molecule has 0 fully saturated rings. The van der Waals surface area contributed by atoms with Crippen molar-refractivity contribution >= 4 is 44.8 Å². The molecule has 0 spiro atoms. The molecule has 0 bridgehead atoms. The second-order valence-electron chi connectivity index (χ2n) is 7.40. The Bertz CT molecular complexity index is 1250. The summed E-state index contributed by atoms with van der Waals surface area (Å²) in [6.45, 7) is 0. The topological polar surface area (TPSA) is 66.5 Å². The van der Waals surface area contributed by atoms with Gasteiger partial charge in [0.25, 0.3) is 15.9 Å². The zero-order valence-corrected chi connectivity index (χ0v) is 19.0. The van der Waals surface area contributed by atoms with E-state index in [1.54, 1.807) is 42.3 Å². The van der Waals surface area contributed by atoms with Crippen LogP contribution in [-0.4, -0.2) is 26.3 Å². The number of sulfonamides is 1. The third-order valence-corrected chi connectivity index (χ3v) is 7.62. The van der Waals surface area contributed by atoms with E-state index in [0.29, 0.717) is 5.69 Å². The third-order valence-electron chi connectivity index (χ3n) is 5.46. The molecule has 0 radical (unpaired) electrons. The highest BCUT2D eigenvalue weighted by Gasteiger charge is 2.31. The fraction of sp³-hybridized carbons (Fsp3) is 0.174. The fourth-order valence-corrected chi connectivity index (χ4v) is 5.80. The third kappa shape index (κ3) is 4.28. The lowest BCUT2D eigenvalue weighted by Crippen LogP contribution is -2.30. The van der Waals surface area contributed by atoms with Gasteiger partial charge in [-0.1, -0.05) is 65.7 Å². The number of nitrogens with zero attached hydrogens (tertiary/aromatic N) is 1. The highest BCUT2D eigenvalue weighted by Crippen LogP contribution is 2.37. The summed E-state index contributed by atoms with van der Waals surface area (Å²) in [5.74, 6) is -0.362. The quantitative estimate of drug-likeness (QED) is 0.526. The van der Waals surface area contributed by atoms with Crippen LogP contribution in [0.1, 0.15) is 33.9 Å². The number of amides is 1. The Morgan fingerprint density at radius 2 is 1.68 bits per heavy atom. The first-order valence-electron chi connectivity index (χ1n) is 9.70. The standard InChI is InChI=1S/C23H20Cl2N2O3S/c1-27(21-12-11-15-7-5-6-10-17(15)21)23(28)18-13-22(20(25)14-19(18)24)31(29,30)26-16-8-3-2-4-9-16/h2-10,13-14,21,26H,11-12H2,1H3. The number of hydrogen-bond acceptors (Lipinski definition) is 3. The van der Waals surface area contributed by atoms with Gasteiger partial charge in [-0.05, 0) is 48.2 Å². The molecule has 160 valence electrons. The van der Waals surface area contributed by atoms with Crippen molar-refractivity contribution in [3.63, 3.8) is 0 Å². The summed E-state index contributed by atoms with van der Waals surface area (Å²) in [7, 11) is -2.32. The highest BCUT2D eigenvalue weighted by molar-refractivity contribution is 7.92. The molecular formula is C23H20Cl2N2O3S. The van der Waals surface area contributed by atoms with Gasteiger partial charge in [0.15, 0.2) is 0 Å². The minimum absolute atomic E-state index is 0.0566. The molecule has 1 amide bonds. The normalized spacial score (nSPS) is 15.4. The van der Waals surface area contributed by atoms with Crippen molar-refractivity contribution in [1.82, 2.24) is 4.90 Å². The molecule has 0 saturated heterocycles. The maximum absolute atomic E-state index is 13.3. The van der Waals surface area contributed by atoms with E-state index in [1.807, 2.05) is 18.2 Å². The van der Waals surface area contributed by atoms with E-state index in [-0.39, 0.29) is 32.5 Å². The van der Waals surface area contributed by atoms with Crippen molar-refractivity contribution in [2.75, 3.05) is 11.8 Å². The predicted molar refractivity (Wildman–Crippen MR) is 123 cm³/mol. The number of aryl methyl sites for hydroxylation is 1. The maximum Gasteiger partial charge on any atom is 0.263 e. The number of nitrogens with one attached hydrogen (secondary N) is 1. The highest BCUT2D eigenvalue weighted by atomic mass is 35.5. The Morgan fingerprint density at radius 1 is 1.00 bits per heavy atom. The lowest BCUT2D eigenvalue weighted by Gasteiger charge is -2.26. The van der Waals surface area contributed by atoms with Gasteiger partial charge in [0, 0.05) is 12.7 Å². The molecule has 1 unspecified atom stereocenters. The molecule has 1 aliphatic rings. The fourth-order valence-electron chi connectivity index (χ4n) is 3.88. The zero-order valence-electron chi connectivity index (χ0n) is 16.7. The lowest BCUT2D eigenvalue weighted by atomic mass is 10.1.